The molecule has 84 valence electrons. The van der Waals surface area contributed by atoms with Gasteiger partial charge in [-0.1, -0.05) is 0 Å². The van der Waals surface area contributed by atoms with Crippen molar-refractivity contribution in [3.63, 3.8) is 0 Å². The number of aromatic nitrogens is 1. The second-order valence-corrected chi connectivity index (χ2v) is 3.74. The van der Waals surface area contributed by atoms with Crippen molar-refractivity contribution < 1.29 is 14.7 Å². The minimum Gasteiger partial charge on any atom is -0.480 e. The summed E-state index contributed by atoms with van der Waals surface area (Å²) in [5.74, 6) is -1.19. The summed E-state index contributed by atoms with van der Waals surface area (Å²) in [6.07, 6.45) is 4.30. The zero-order chi connectivity index (χ0) is 11.5. The number of likely N-dealkylation sites (tertiary alicyclic amines) is 1. The molecule has 0 aromatic carbocycles. The van der Waals surface area contributed by atoms with Gasteiger partial charge in [0.25, 0.3) is 5.91 Å². The summed E-state index contributed by atoms with van der Waals surface area (Å²) < 4.78 is 0. The first kappa shape index (κ1) is 10.6. The Balaban J connectivity index is 2.19. The van der Waals surface area contributed by atoms with Crippen LogP contribution in [-0.4, -0.2) is 39.5 Å². The van der Waals surface area contributed by atoms with Crippen LogP contribution in [0.1, 0.15) is 23.2 Å². The Morgan fingerprint density at radius 3 is 2.94 bits per heavy atom. The van der Waals surface area contributed by atoms with E-state index in [1.165, 1.54) is 11.1 Å². The number of pyridine rings is 1. The van der Waals surface area contributed by atoms with E-state index in [2.05, 4.69) is 4.98 Å². The molecule has 1 aliphatic heterocycles. The maximum Gasteiger partial charge on any atom is 0.326 e. The van der Waals surface area contributed by atoms with Gasteiger partial charge in [0.1, 0.15) is 6.04 Å². The SMILES string of the molecule is O=C(O)[C@H]1CCCN1C(=O)c1cccnc1. The third-order valence-electron chi connectivity index (χ3n) is 2.71. The fourth-order valence-electron chi connectivity index (χ4n) is 1.92. The fraction of sp³-hybridized carbons (Fsp3) is 0.364. The zero-order valence-electron chi connectivity index (χ0n) is 8.67. The highest BCUT2D eigenvalue weighted by molar-refractivity contribution is 5.96. The van der Waals surface area contributed by atoms with Gasteiger partial charge in [0, 0.05) is 18.9 Å². The second kappa shape index (κ2) is 4.30. The lowest BCUT2D eigenvalue weighted by molar-refractivity contribution is -0.141. The van der Waals surface area contributed by atoms with Crippen LogP contribution in [0.2, 0.25) is 0 Å². The second-order valence-electron chi connectivity index (χ2n) is 3.74. The quantitative estimate of drug-likeness (QED) is 0.799. The van der Waals surface area contributed by atoms with Crippen LogP contribution in [0, 0.1) is 0 Å². The largest absolute Gasteiger partial charge is 0.480 e. The van der Waals surface area contributed by atoms with E-state index in [-0.39, 0.29) is 5.91 Å². The molecule has 1 N–H and O–H groups in total. The molecule has 1 aromatic heterocycles. The summed E-state index contributed by atoms with van der Waals surface area (Å²) in [5.41, 5.74) is 0.440. The van der Waals surface area contributed by atoms with Gasteiger partial charge in [-0.3, -0.25) is 9.78 Å². The minimum absolute atomic E-state index is 0.252. The minimum atomic E-state index is -0.935. The molecule has 0 unspecified atom stereocenters. The molecule has 0 saturated carbocycles. The van der Waals surface area contributed by atoms with E-state index in [4.69, 9.17) is 5.11 Å². The van der Waals surface area contributed by atoms with E-state index in [1.54, 1.807) is 18.3 Å². The molecule has 1 fully saturated rings. The average molecular weight is 220 g/mol. The Labute approximate surface area is 92.7 Å². The molecule has 5 nitrogen and oxygen atoms in total. The van der Waals surface area contributed by atoms with E-state index in [0.717, 1.165) is 6.42 Å². The van der Waals surface area contributed by atoms with Crippen LogP contribution in [0.4, 0.5) is 0 Å². The predicted octanol–water partition coefficient (Wildman–Crippen LogP) is 0.771. The van der Waals surface area contributed by atoms with Gasteiger partial charge in [-0.05, 0) is 25.0 Å². The van der Waals surface area contributed by atoms with Crippen LogP contribution < -0.4 is 0 Å². The van der Waals surface area contributed by atoms with Gasteiger partial charge >= 0.3 is 5.97 Å². The number of hydrogen-bond donors (Lipinski definition) is 1. The number of aliphatic carboxylic acids is 1. The van der Waals surface area contributed by atoms with Gasteiger partial charge < -0.3 is 10.0 Å². The number of amides is 1. The molecule has 0 spiro atoms. The summed E-state index contributed by atoms with van der Waals surface area (Å²) in [6, 6.07) is 2.62. The average Bonchev–Trinajstić information content (AvgIpc) is 2.78. The number of rotatable bonds is 2. The number of carboxylic acid groups (broad SMARTS) is 1. The molecule has 1 amide bonds. The lowest BCUT2D eigenvalue weighted by Crippen LogP contribution is -2.40. The van der Waals surface area contributed by atoms with Gasteiger partial charge in [-0.25, -0.2) is 4.79 Å². The summed E-state index contributed by atoms with van der Waals surface area (Å²) in [5, 5.41) is 8.97. The Morgan fingerprint density at radius 1 is 1.50 bits per heavy atom. The maximum absolute atomic E-state index is 12.0. The van der Waals surface area contributed by atoms with Gasteiger partial charge in [0.15, 0.2) is 0 Å². The number of carboxylic acids is 1. The van der Waals surface area contributed by atoms with Gasteiger partial charge in [0.2, 0.25) is 0 Å². The normalized spacial score (nSPS) is 19.8. The van der Waals surface area contributed by atoms with Crippen LogP contribution in [0.3, 0.4) is 0 Å². The van der Waals surface area contributed by atoms with E-state index in [1.807, 2.05) is 0 Å². The topological polar surface area (TPSA) is 70.5 Å². The number of carbonyl (C=O) groups excluding carboxylic acids is 1. The molecule has 1 aliphatic rings. The first-order valence-corrected chi connectivity index (χ1v) is 5.14. The molecular formula is C11H12N2O3. The summed E-state index contributed by atoms with van der Waals surface area (Å²) >= 11 is 0. The number of nitrogens with zero attached hydrogens (tertiary/aromatic N) is 2. The summed E-state index contributed by atoms with van der Waals surface area (Å²) in [7, 11) is 0. The van der Waals surface area contributed by atoms with Crippen LogP contribution in [0.15, 0.2) is 24.5 Å². The molecule has 0 radical (unpaired) electrons. The van der Waals surface area contributed by atoms with Crippen molar-refractivity contribution in [3.8, 4) is 0 Å². The highest BCUT2D eigenvalue weighted by Crippen LogP contribution is 2.19. The van der Waals surface area contributed by atoms with Gasteiger partial charge in [-0.15, -0.1) is 0 Å². The monoisotopic (exact) mass is 220 g/mol. The van der Waals surface area contributed by atoms with Crippen molar-refractivity contribution >= 4 is 11.9 Å². The Morgan fingerprint density at radius 2 is 2.31 bits per heavy atom. The van der Waals surface area contributed by atoms with Crippen molar-refractivity contribution in [2.45, 2.75) is 18.9 Å². The van der Waals surface area contributed by atoms with E-state index in [0.29, 0.717) is 18.5 Å². The van der Waals surface area contributed by atoms with Crippen molar-refractivity contribution in [2.75, 3.05) is 6.54 Å². The standard InChI is InChI=1S/C11H12N2O3/c14-10(8-3-1-5-12-7-8)13-6-2-4-9(13)11(15)16/h1,3,5,7,9H,2,4,6H2,(H,15,16)/t9-/m1/s1. The van der Waals surface area contributed by atoms with Crippen LogP contribution >= 0.6 is 0 Å². The lowest BCUT2D eigenvalue weighted by Gasteiger charge is -2.21. The zero-order valence-corrected chi connectivity index (χ0v) is 8.67. The van der Waals surface area contributed by atoms with Crippen molar-refractivity contribution in [3.05, 3.63) is 30.1 Å². The van der Waals surface area contributed by atoms with E-state index < -0.39 is 12.0 Å². The maximum atomic E-state index is 12.0. The first-order valence-electron chi connectivity index (χ1n) is 5.14. The third-order valence-corrected chi connectivity index (χ3v) is 2.71. The molecule has 1 saturated heterocycles. The van der Waals surface area contributed by atoms with Crippen molar-refractivity contribution in [1.82, 2.24) is 9.88 Å². The van der Waals surface area contributed by atoms with Crippen molar-refractivity contribution in [2.24, 2.45) is 0 Å². The van der Waals surface area contributed by atoms with Crippen LogP contribution in [-0.2, 0) is 4.79 Å². The fourth-order valence-corrected chi connectivity index (χ4v) is 1.92. The van der Waals surface area contributed by atoms with E-state index >= 15 is 0 Å². The molecule has 0 aliphatic carbocycles. The highest BCUT2D eigenvalue weighted by atomic mass is 16.4. The summed E-state index contributed by atoms with van der Waals surface area (Å²) in [6.45, 7) is 0.505. The molecule has 16 heavy (non-hydrogen) atoms. The third kappa shape index (κ3) is 1.88. The Hall–Kier alpha value is -1.91. The molecule has 2 rings (SSSR count). The molecule has 0 bridgehead atoms. The van der Waals surface area contributed by atoms with Crippen molar-refractivity contribution in [1.29, 1.82) is 0 Å². The predicted molar refractivity (Wildman–Crippen MR) is 55.9 cm³/mol. The van der Waals surface area contributed by atoms with Gasteiger partial charge in [-0.2, -0.15) is 0 Å². The van der Waals surface area contributed by atoms with Crippen LogP contribution in [0.5, 0.6) is 0 Å². The Bertz CT molecular complexity index is 405. The summed E-state index contributed by atoms with van der Waals surface area (Å²) in [4.78, 5) is 28.2. The highest BCUT2D eigenvalue weighted by Gasteiger charge is 2.34. The number of carbonyl (C=O) groups is 2. The molecule has 1 atom stereocenters. The van der Waals surface area contributed by atoms with E-state index in [9.17, 15) is 9.59 Å². The molecule has 2 heterocycles. The van der Waals surface area contributed by atoms with Crippen LogP contribution in [0.25, 0.3) is 0 Å². The first-order chi connectivity index (χ1) is 7.70. The Kier molecular flexibility index (Phi) is 2.85. The lowest BCUT2D eigenvalue weighted by atomic mass is 10.2. The van der Waals surface area contributed by atoms with Gasteiger partial charge in [0.05, 0.1) is 5.56 Å². The molecule has 1 aromatic rings. The molecule has 5 heteroatoms. The smallest absolute Gasteiger partial charge is 0.326 e. The number of hydrogen-bond acceptors (Lipinski definition) is 3. The molecular weight excluding hydrogens is 208 g/mol.